The molecule has 22 heavy (non-hydrogen) atoms. The van der Waals surface area contributed by atoms with Gasteiger partial charge in [-0.25, -0.2) is 9.78 Å². The molecule has 1 aliphatic heterocycles. The predicted octanol–water partition coefficient (Wildman–Crippen LogP) is 3.43. The number of hydrogen-bond donors (Lipinski definition) is 1. The molecule has 1 aliphatic rings. The second-order valence-electron chi connectivity index (χ2n) is 4.89. The lowest BCUT2D eigenvalue weighted by atomic mass is 10.0. The van der Waals surface area contributed by atoms with E-state index in [-0.39, 0.29) is 5.56 Å². The lowest BCUT2D eigenvalue weighted by Gasteiger charge is -2.19. The van der Waals surface area contributed by atoms with Crippen LogP contribution in [0.15, 0.2) is 35.0 Å². The summed E-state index contributed by atoms with van der Waals surface area (Å²) in [4.78, 5) is 16.2. The highest BCUT2D eigenvalue weighted by Gasteiger charge is 2.19. The predicted molar refractivity (Wildman–Crippen MR) is 83.0 cm³/mol. The van der Waals surface area contributed by atoms with E-state index < -0.39 is 5.97 Å². The van der Waals surface area contributed by atoms with Gasteiger partial charge in [0.2, 0.25) is 0 Å². The fraction of sp³-hybridized carbons (Fsp3) is 0.125. The van der Waals surface area contributed by atoms with Gasteiger partial charge in [0, 0.05) is 22.4 Å². The summed E-state index contributed by atoms with van der Waals surface area (Å²) >= 11 is 1.54. The standard InChI is InChI=1S/C16H11NO4S/c18-16(19)11-5-12(9-1-4-22-8-9)17-13-7-15-14(6-10(11)13)20-2-3-21-15/h1,4-8H,2-3H2,(H,18,19). The number of carbonyl (C=O) groups is 1. The number of ether oxygens (including phenoxy) is 2. The molecule has 0 amide bonds. The fourth-order valence-electron chi connectivity index (χ4n) is 2.50. The van der Waals surface area contributed by atoms with E-state index in [0.29, 0.717) is 41.3 Å². The summed E-state index contributed by atoms with van der Waals surface area (Å²) in [6.45, 7) is 0.940. The summed E-state index contributed by atoms with van der Waals surface area (Å²) in [5, 5.41) is 13.9. The van der Waals surface area contributed by atoms with Crippen molar-refractivity contribution in [3.05, 3.63) is 40.6 Å². The zero-order valence-electron chi connectivity index (χ0n) is 11.4. The Balaban J connectivity index is 2.01. The van der Waals surface area contributed by atoms with E-state index in [1.165, 1.54) is 0 Å². The van der Waals surface area contributed by atoms with Crippen LogP contribution in [0.2, 0.25) is 0 Å². The van der Waals surface area contributed by atoms with Gasteiger partial charge in [-0.2, -0.15) is 11.3 Å². The second kappa shape index (κ2) is 4.99. The van der Waals surface area contributed by atoms with E-state index in [0.717, 1.165) is 5.56 Å². The highest BCUT2D eigenvalue weighted by atomic mass is 32.1. The number of rotatable bonds is 2. The molecule has 3 aromatic rings. The molecule has 1 N–H and O–H groups in total. The first-order valence-electron chi connectivity index (χ1n) is 6.72. The molecular formula is C16H11NO4S. The molecule has 0 atom stereocenters. The largest absolute Gasteiger partial charge is 0.486 e. The number of fused-ring (bicyclic) bond motifs is 2. The molecule has 110 valence electrons. The molecular weight excluding hydrogens is 302 g/mol. The summed E-state index contributed by atoms with van der Waals surface area (Å²) in [6, 6.07) is 6.95. The Morgan fingerprint density at radius 3 is 2.64 bits per heavy atom. The third-order valence-corrected chi connectivity index (χ3v) is 4.20. The summed E-state index contributed by atoms with van der Waals surface area (Å²) < 4.78 is 11.1. The summed E-state index contributed by atoms with van der Waals surface area (Å²) in [6.07, 6.45) is 0. The van der Waals surface area contributed by atoms with Crippen molar-refractivity contribution in [2.75, 3.05) is 13.2 Å². The highest BCUT2D eigenvalue weighted by Crippen LogP contribution is 2.36. The van der Waals surface area contributed by atoms with Crippen LogP contribution in [0.25, 0.3) is 22.2 Å². The van der Waals surface area contributed by atoms with Crippen molar-refractivity contribution < 1.29 is 19.4 Å². The molecule has 0 fully saturated rings. The van der Waals surface area contributed by atoms with E-state index in [1.807, 2.05) is 16.8 Å². The number of benzene rings is 1. The van der Waals surface area contributed by atoms with Crippen LogP contribution in [-0.4, -0.2) is 29.3 Å². The number of aromatic carboxylic acids is 1. The number of aromatic nitrogens is 1. The van der Waals surface area contributed by atoms with Crippen molar-refractivity contribution in [1.29, 1.82) is 0 Å². The first-order chi connectivity index (χ1) is 10.7. The van der Waals surface area contributed by atoms with E-state index in [2.05, 4.69) is 4.98 Å². The van der Waals surface area contributed by atoms with E-state index in [1.54, 1.807) is 29.5 Å². The van der Waals surface area contributed by atoms with E-state index in [4.69, 9.17) is 9.47 Å². The number of thiophene rings is 1. The van der Waals surface area contributed by atoms with Crippen molar-refractivity contribution in [3.63, 3.8) is 0 Å². The molecule has 0 bridgehead atoms. The van der Waals surface area contributed by atoms with E-state index >= 15 is 0 Å². The minimum atomic E-state index is -0.986. The van der Waals surface area contributed by atoms with Crippen molar-refractivity contribution in [1.82, 2.24) is 4.98 Å². The van der Waals surface area contributed by atoms with Gasteiger partial charge in [0.25, 0.3) is 0 Å². The molecule has 0 saturated heterocycles. The Bertz CT molecular complexity index is 873. The third-order valence-electron chi connectivity index (χ3n) is 3.52. The molecule has 0 radical (unpaired) electrons. The maximum Gasteiger partial charge on any atom is 0.336 e. The van der Waals surface area contributed by atoms with Gasteiger partial charge in [-0.3, -0.25) is 0 Å². The lowest BCUT2D eigenvalue weighted by Crippen LogP contribution is -2.15. The number of carboxylic acid groups (broad SMARTS) is 1. The molecule has 0 spiro atoms. The van der Waals surface area contributed by atoms with Gasteiger partial charge in [-0.15, -0.1) is 0 Å². The zero-order valence-corrected chi connectivity index (χ0v) is 12.2. The van der Waals surface area contributed by atoms with Crippen LogP contribution < -0.4 is 9.47 Å². The Kier molecular flexibility index (Phi) is 2.97. The maximum atomic E-state index is 11.6. The minimum Gasteiger partial charge on any atom is -0.486 e. The highest BCUT2D eigenvalue weighted by molar-refractivity contribution is 7.08. The van der Waals surface area contributed by atoms with Crippen LogP contribution in [0.4, 0.5) is 0 Å². The number of pyridine rings is 1. The fourth-order valence-corrected chi connectivity index (χ4v) is 3.15. The first kappa shape index (κ1) is 13.1. The molecule has 0 unspecified atom stereocenters. The van der Waals surface area contributed by atoms with E-state index in [9.17, 15) is 9.90 Å². The molecule has 3 heterocycles. The minimum absolute atomic E-state index is 0.211. The Labute approximate surface area is 129 Å². The molecule has 2 aromatic heterocycles. The van der Waals surface area contributed by atoms with Crippen molar-refractivity contribution in [3.8, 4) is 22.8 Å². The number of carboxylic acids is 1. The topological polar surface area (TPSA) is 68.7 Å². The average Bonchev–Trinajstić information content (AvgIpc) is 3.06. The Hall–Kier alpha value is -2.60. The molecule has 1 aromatic carbocycles. The van der Waals surface area contributed by atoms with Gasteiger partial charge < -0.3 is 14.6 Å². The van der Waals surface area contributed by atoms with Crippen LogP contribution in [-0.2, 0) is 0 Å². The summed E-state index contributed by atoms with van der Waals surface area (Å²) in [5.74, 6) is 0.178. The normalized spacial score (nSPS) is 13.3. The average molecular weight is 313 g/mol. The lowest BCUT2D eigenvalue weighted by molar-refractivity contribution is 0.0699. The van der Waals surface area contributed by atoms with Gasteiger partial charge in [-0.05, 0) is 23.6 Å². The summed E-state index contributed by atoms with van der Waals surface area (Å²) in [7, 11) is 0. The van der Waals surface area contributed by atoms with Crippen molar-refractivity contribution >= 4 is 28.2 Å². The molecule has 0 aliphatic carbocycles. The smallest absolute Gasteiger partial charge is 0.336 e. The molecule has 5 nitrogen and oxygen atoms in total. The SMILES string of the molecule is O=C(O)c1cc(-c2ccsc2)nc2cc3c(cc12)OCCO3. The van der Waals surface area contributed by atoms with Crippen molar-refractivity contribution in [2.24, 2.45) is 0 Å². The molecule has 0 saturated carbocycles. The van der Waals surface area contributed by atoms with Gasteiger partial charge in [0.05, 0.1) is 16.8 Å². The quantitative estimate of drug-likeness (QED) is 0.785. The second-order valence-corrected chi connectivity index (χ2v) is 5.67. The van der Waals surface area contributed by atoms with Crippen LogP contribution in [0, 0.1) is 0 Å². The summed E-state index contributed by atoms with van der Waals surface area (Å²) in [5.41, 5.74) is 2.35. The number of nitrogens with zero attached hydrogens (tertiary/aromatic N) is 1. The van der Waals surface area contributed by atoms with Crippen molar-refractivity contribution in [2.45, 2.75) is 0 Å². The van der Waals surface area contributed by atoms with Crippen LogP contribution >= 0.6 is 11.3 Å². The molecule has 6 heteroatoms. The van der Waals surface area contributed by atoms with Crippen LogP contribution in [0.1, 0.15) is 10.4 Å². The maximum absolute atomic E-state index is 11.6. The van der Waals surface area contributed by atoms with Gasteiger partial charge >= 0.3 is 5.97 Å². The van der Waals surface area contributed by atoms with Gasteiger partial charge in [0.15, 0.2) is 11.5 Å². The molecule has 4 rings (SSSR count). The van der Waals surface area contributed by atoms with Crippen LogP contribution in [0.5, 0.6) is 11.5 Å². The number of hydrogen-bond acceptors (Lipinski definition) is 5. The zero-order chi connectivity index (χ0) is 15.1. The first-order valence-corrected chi connectivity index (χ1v) is 7.67. The van der Waals surface area contributed by atoms with Gasteiger partial charge in [-0.1, -0.05) is 0 Å². The Morgan fingerprint density at radius 2 is 1.95 bits per heavy atom. The Morgan fingerprint density at radius 1 is 1.18 bits per heavy atom. The third kappa shape index (κ3) is 2.08. The monoisotopic (exact) mass is 313 g/mol. The van der Waals surface area contributed by atoms with Crippen LogP contribution in [0.3, 0.4) is 0 Å². The van der Waals surface area contributed by atoms with Gasteiger partial charge in [0.1, 0.15) is 13.2 Å².